The Labute approximate surface area is 183 Å². The zero-order valence-electron chi connectivity index (χ0n) is 16.6. The van der Waals surface area contributed by atoms with Crippen LogP contribution in [0.5, 0.6) is 0 Å². The van der Waals surface area contributed by atoms with Crippen molar-refractivity contribution in [3.05, 3.63) is 59.7 Å². The molecule has 0 bridgehead atoms. The second-order valence-corrected chi connectivity index (χ2v) is 8.05. The van der Waals surface area contributed by atoms with Gasteiger partial charge in [-0.05, 0) is 36.4 Å². The number of amides is 5. The number of fused-ring (bicyclic) bond motifs is 4. The van der Waals surface area contributed by atoms with Crippen LogP contribution in [0, 0.1) is 23.7 Å². The molecule has 0 radical (unpaired) electrons. The van der Waals surface area contributed by atoms with Crippen LogP contribution in [0.1, 0.15) is 15.9 Å². The third-order valence-corrected chi connectivity index (χ3v) is 6.22. The predicted octanol–water partition coefficient (Wildman–Crippen LogP) is 1.97. The fraction of sp³-hybridized carbons (Fsp3) is 0.227. The molecule has 33 heavy (non-hydrogen) atoms. The Hall–Kier alpha value is -4.02. The van der Waals surface area contributed by atoms with Crippen molar-refractivity contribution in [1.82, 2.24) is 5.32 Å². The first-order valence-electron chi connectivity index (χ1n) is 9.89. The molecule has 168 valence electrons. The average molecular weight is 457 g/mol. The average Bonchev–Trinajstić information content (AvgIpc) is 3.08. The molecule has 3 aliphatic rings. The van der Waals surface area contributed by atoms with E-state index in [1.165, 1.54) is 30.3 Å². The first-order chi connectivity index (χ1) is 15.6. The number of imide groups is 2. The fourth-order valence-electron chi connectivity index (χ4n) is 4.73. The Morgan fingerprint density at radius 1 is 0.848 bits per heavy atom. The molecule has 2 N–H and O–H groups in total. The molecule has 0 aromatic heterocycles. The minimum atomic E-state index is -4.58. The summed E-state index contributed by atoms with van der Waals surface area (Å²) in [5, 5.41) is 4.50. The van der Waals surface area contributed by atoms with Crippen molar-refractivity contribution in [2.75, 3.05) is 10.2 Å². The fourth-order valence-corrected chi connectivity index (χ4v) is 4.73. The second-order valence-electron chi connectivity index (χ2n) is 8.05. The van der Waals surface area contributed by atoms with Crippen LogP contribution in [0.15, 0.2) is 48.5 Å². The Bertz CT molecular complexity index is 1220. The molecule has 4 atom stereocenters. The highest BCUT2D eigenvalue weighted by atomic mass is 19.4. The summed E-state index contributed by atoms with van der Waals surface area (Å²) in [5.41, 5.74) is -0.938. The minimum Gasteiger partial charge on any atom is -0.322 e. The molecule has 2 aliphatic heterocycles. The van der Waals surface area contributed by atoms with Crippen molar-refractivity contribution in [2.24, 2.45) is 23.7 Å². The summed E-state index contributed by atoms with van der Waals surface area (Å²) >= 11 is 0. The maximum atomic E-state index is 12.9. The van der Waals surface area contributed by atoms with Gasteiger partial charge in [0.15, 0.2) is 0 Å². The maximum Gasteiger partial charge on any atom is 0.416 e. The van der Waals surface area contributed by atoms with Gasteiger partial charge in [0.05, 0.1) is 34.9 Å². The predicted molar refractivity (Wildman–Crippen MR) is 105 cm³/mol. The summed E-state index contributed by atoms with van der Waals surface area (Å²) in [4.78, 5) is 63.1. The SMILES string of the molecule is O=C(Nc1cccc(C(F)(F)F)c1)c1cccc(N2C(=O)C3C4C(=O)NC(=O)C4C3C2=O)c1. The molecule has 4 unspecified atom stereocenters. The quantitative estimate of drug-likeness (QED) is 0.685. The van der Waals surface area contributed by atoms with Crippen LogP contribution < -0.4 is 15.5 Å². The summed E-state index contributed by atoms with van der Waals surface area (Å²) in [6.45, 7) is 0. The number of carbonyl (C=O) groups excluding carboxylic acids is 5. The highest BCUT2D eigenvalue weighted by Gasteiger charge is 2.71. The van der Waals surface area contributed by atoms with Gasteiger partial charge < -0.3 is 5.32 Å². The van der Waals surface area contributed by atoms with Crippen LogP contribution in [-0.4, -0.2) is 29.5 Å². The van der Waals surface area contributed by atoms with Gasteiger partial charge in [-0.15, -0.1) is 0 Å². The van der Waals surface area contributed by atoms with Gasteiger partial charge in [0.2, 0.25) is 23.6 Å². The summed E-state index contributed by atoms with van der Waals surface area (Å²) < 4.78 is 38.7. The monoisotopic (exact) mass is 457 g/mol. The van der Waals surface area contributed by atoms with Gasteiger partial charge in [-0.1, -0.05) is 12.1 Å². The van der Waals surface area contributed by atoms with Gasteiger partial charge >= 0.3 is 6.18 Å². The lowest BCUT2D eigenvalue weighted by Gasteiger charge is -2.36. The molecular formula is C22H14F3N3O5. The number of rotatable bonds is 3. The van der Waals surface area contributed by atoms with Crippen LogP contribution in [0.25, 0.3) is 0 Å². The molecule has 0 spiro atoms. The largest absolute Gasteiger partial charge is 0.416 e. The molecule has 11 heteroatoms. The Morgan fingerprint density at radius 2 is 1.45 bits per heavy atom. The van der Waals surface area contributed by atoms with Gasteiger partial charge in [-0.3, -0.25) is 29.3 Å². The Balaban J connectivity index is 1.39. The number of hydrogen-bond donors (Lipinski definition) is 2. The minimum absolute atomic E-state index is 0.00114. The van der Waals surface area contributed by atoms with E-state index in [1.807, 2.05) is 0 Å². The molecule has 2 aromatic rings. The molecule has 1 saturated carbocycles. The third kappa shape index (κ3) is 3.11. The molecule has 5 amide bonds. The summed E-state index contributed by atoms with van der Waals surface area (Å²) in [6.07, 6.45) is -4.58. The second kappa shape index (κ2) is 6.99. The van der Waals surface area contributed by atoms with Crippen LogP contribution in [0.2, 0.25) is 0 Å². The molecule has 1 aliphatic carbocycles. The zero-order valence-corrected chi connectivity index (χ0v) is 16.6. The van der Waals surface area contributed by atoms with E-state index in [-0.39, 0.29) is 16.9 Å². The van der Waals surface area contributed by atoms with Crippen molar-refractivity contribution in [1.29, 1.82) is 0 Å². The molecule has 2 heterocycles. The van der Waals surface area contributed by atoms with Crippen molar-refractivity contribution < 1.29 is 37.1 Å². The molecule has 2 aromatic carbocycles. The lowest BCUT2D eigenvalue weighted by molar-refractivity contribution is -0.146. The van der Waals surface area contributed by atoms with Crippen molar-refractivity contribution in [2.45, 2.75) is 6.18 Å². The molecule has 8 nitrogen and oxygen atoms in total. The number of hydrogen-bond acceptors (Lipinski definition) is 5. The van der Waals surface area contributed by atoms with Crippen LogP contribution in [-0.2, 0) is 25.4 Å². The zero-order chi connectivity index (χ0) is 23.7. The number of nitrogens with zero attached hydrogens (tertiary/aromatic N) is 1. The number of nitrogens with one attached hydrogen (secondary N) is 2. The van der Waals surface area contributed by atoms with E-state index in [0.717, 1.165) is 23.1 Å². The number of anilines is 2. The highest BCUT2D eigenvalue weighted by molar-refractivity contribution is 6.27. The van der Waals surface area contributed by atoms with E-state index in [2.05, 4.69) is 10.6 Å². The van der Waals surface area contributed by atoms with E-state index >= 15 is 0 Å². The lowest BCUT2D eigenvalue weighted by atomic mass is 9.59. The van der Waals surface area contributed by atoms with Crippen LogP contribution in [0.3, 0.4) is 0 Å². The van der Waals surface area contributed by atoms with Gasteiger partial charge in [-0.25, -0.2) is 4.90 Å². The van der Waals surface area contributed by atoms with Crippen LogP contribution in [0.4, 0.5) is 24.5 Å². The van der Waals surface area contributed by atoms with E-state index in [0.29, 0.717) is 0 Å². The highest BCUT2D eigenvalue weighted by Crippen LogP contribution is 2.55. The first kappa shape index (κ1) is 20.9. The molecule has 5 rings (SSSR count). The van der Waals surface area contributed by atoms with E-state index < -0.39 is 64.9 Å². The van der Waals surface area contributed by atoms with Crippen molar-refractivity contribution in [3.8, 4) is 0 Å². The number of carbonyl (C=O) groups is 5. The van der Waals surface area contributed by atoms with E-state index in [1.54, 1.807) is 0 Å². The summed E-state index contributed by atoms with van der Waals surface area (Å²) in [6, 6.07) is 9.56. The molecular weight excluding hydrogens is 443 g/mol. The molecule has 3 fully saturated rings. The molecule has 2 saturated heterocycles. The lowest BCUT2D eigenvalue weighted by Crippen LogP contribution is -2.50. The summed E-state index contributed by atoms with van der Waals surface area (Å²) in [5.74, 6) is -6.80. The van der Waals surface area contributed by atoms with Crippen molar-refractivity contribution >= 4 is 40.9 Å². The van der Waals surface area contributed by atoms with Gasteiger partial charge in [0, 0.05) is 11.3 Å². The normalized spacial score (nSPS) is 26.0. The third-order valence-electron chi connectivity index (χ3n) is 6.22. The number of halogens is 3. The van der Waals surface area contributed by atoms with Crippen LogP contribution >= 0.6 is 0 Å². The number of alkyl halides is 3. The summed E-state index contributed by atoms with van der Waals surface area (Å²) in [7, 11) is 0. The van der Waals surface area contributed by atoms with Gasteiger partial charge in [0.1, 0.15) is 0 Å². The maximum absolute atomic E-state index is 12.9. The number of benzene rings is 2. The van der Waals surface area contributed by atoms with E-state index in [9.17, 15) is 37.1 Å². The standard InChI is InChI=1S/C22H14F3N3O5/c23-22(24,25)10-4-2-5-11(8-10)26-17(29)9-3-1-6-12(7-9)28-20(32)15-13-14(16(15)21(28)33)19(31)27-18(13)30/h1-8,13-16H,(H,26,29)(H,27,30,31). The smallest absolute Gasteiger partial charge is 0.322 e. The van der Waals surface area contributed by atoms with Crippen molar-refractivity contribution in [3.63, 3.8) is 0 Å². The van der Waals surface area contributed by atoms with Gasteiger partial charge in [0.25, 0.3) is 5.91 Å². The Kier molecular flexibility index (Phi) is 4.42. The first-order valence-corrected chi connectivity index (χ1v) is 9.89. The van der Waals surface area contributed by atoms with E-state index in [4.69, 9.17) is 0 Å². The topological polar surface area (TPSA) is 113 Å². The Morgan fingerprint density at radius 3 is 2.06 bits per heavy atom. The van der Waals surface area contributed by atoms with Gasteiger partial charge in [-0.2, -0.15) is 13.2 Å².